The first-order valence-corrected chi connectivity index (χ1v) is 6.36. The Morgan fingerprint density at radius 3 is 2.95 bits per heavy atom. The molecule has 0 unspecified atom stereocenters. The number of aryl methyl sites for hydroxylation is 1. The summed E-state index contributed by atoms with van der Waals surface area (Å²) in [5.41, 5.74) is 1.26. The van der Waals surface area contributed by atoms with Gasteiger partial charge in [0.2, 0.25) is 0 Å². The number of hydrogen-bond donors (Lipinski definition) is 1. The summed E-state index contributed by atoms with van der Waals surface area (Å²) in [6.45, 7) is 0.544. The van der Waals surface area contributed by atoms with Gasteiger partial charge in [0.1, 0.15) is 11.3 Å². The van der Waals surface area contributed by atoms with Crippen molar-refractivity contribution in [1.29, 1.82) is 0 Å². The molecule has 2 aromatic heterocycles. The smallest absolute Gasteiger partial charge is 0.335 e. The third kappa shape index (κ3) is 2.45. The van der Waals surface area contributed by atoms with Crippen molar-refractivity contribution in [3.63, 3.8) is 0 Å². The number of aromatic nitrogens is 3. The number of nitrogens with zero attached hydrogens (tertiary/aromatic N) is 4. The summed E-state index contributed by atoms with van der Waals surface area (Å²) in [5.74, 6) is -0.109. The van der Waals surface area contributed by atoms with Crippen LogP contribution in [-0.4, -0.2) is 32.7 Å². The minimum Gasteiger partial charge on any atom is -0.478 e. The van der Waals surface area contributed by atoms with Gasteiger partial charge in [-0.25, -0.2) is 9.78 Å². The van der Waals surface area contributed by atoms with Gasteiger partial charge in [-0.15, -0.1) is 0 Å². The average Bonchev–Trinajstić information content (AvgIpc) is 3.04. The Morgan fingerprint density at radius 2 is 2.29 bits per heavy atom. The number of hydrogen-bond acceptors (Lipinski definition) is 5. The molecule has 0 aliphatic heterocycles. The van der Waals surface area contributed by atoms with Crippen molar-refractivity contribution in [2.24, 2.45) is 7.05 Å². The molecule has 21 heavy (non-hydrogen) atoms. The number of carbonyl (C=O) groups is 1. The zero-order chi connectivity index (χ0) is 15.0. The Balaban J connectivity index is 1.90. The Morgan fingerprint density at radius 1 is 1.48 bits per heavy atom. The molecule has 0 spiro atoms. The van der Waals surface area contributed by atoms with E-state index < -0.39 is 5.97 Å². The first kappa shape index (κ1) is 13.2. The number of carboxylic acid groups (broad SMARTS) is 1. The molecule has 7 heteroatoms. The SMILES string of the molecule is CN(Cc1nccn1C)c1nc2ccc(C(=O)O)cc2o1. The Labute approximate surface area is 120 Å². The van der Waals surface area contributed by atoms with Gasteiger partial charge in [-0.2, -0.15) is 4.98 Å². The number of rotatable bonds is 4. The van der Waals surface area contributed by atoms with Gasteiger partial charge in [0.05, 0.1) is 12.1 Å². The summed E-state index contributed by atoms with van der Waals surface area (Å²) in [6.07, 6.45) is 3.60. The lowest BCUT2D eigenvalue weighted by molar-refractivity contribution is 0.0697. The first-order chi connectivity index (χ1) is 10.0. The zero-order valence-corrected chi connectivity index (χ0v) is 11.6. The highest BCUT2D eigenvalue weighted by Crippen LogP contribution is 2.23. The number of aromatic carboxylic acids is 1. The Kier molecular flexibility index (Phi) is 3.09. The van der Waals surface area contributed by atoms with E-state index in [0.717, 1.165) is 5.82 Å². The van der Waals surface area contributed by atoms with Crippen LogP contribution in [0.5, 0.6) is 0 Å². The van der Waals surface area contributed by atoms with Crippen LogP contribution >= 0.6 is 0 Å². The highest BCUT2D eigenvalue weighted by Gasteiger charge is 2.14. The van der Waals surface area contributed by atoms with Crippen molar-refractivity contribution < 1.29 is 14.3 Å². The molecule has 2 heterocycles. The average molecular weight is 286 g/mol. The fourth-order valence-corrected chi connectivity index (χ4v) is 2.04. The van der Waals surface area contributed by atoms with Crippen molar-refractivity contribution in [1.82, 2.24) is 14.5 Å². The van der Waals surface area contributed by atoms with Gasteiger partial charge in [-0.3, -0.25) is 0 Å². The molecule has 0 radical (unpaired) electrons. The van der Waals surface area contributed by atoms with E-state index in [1.165, 1.54) is 12.1 Å². The number of benzene rings is 1. The van der Waals surface area contributed by atoms with Gasteiger partial charge in [0.25, 0.3) is 6.01 Å². The largest absolute Gasteiger partial charge is 0.478 e. The first-order valence-electron chi connectivity index (χ1n) is 6.36. The van der Waals surface area contributed by atoms with Crippen LogP contribution in [0, 0.1) is 0 Å². The van der Waals surface area contributed by atoms with Crippen LogP contribution < -0.4 is 4.90 Å². The molecule has 0 saturated heterocycles. The lowest BCUT2D eigenvalue weighted by Crippen LogP contribution is -2.19. The molecule has 3 aromatic rings. The maximum atomic E-state index is 11.0. The van der Waals surface area contributed by atoms with Crippen LogP contribution in [0.3, 0.4) is 0 Å². The molecule has 108 valence electrons. The van der Waals surface area contributed by atoms with E-state index in [2.05, 4.69) is 9.97 Å². The third-order valence-corrected chi connectivity index (χ3v) is 3.25. The fourth-order valence-electron chi connectivity index (χ4n) is 2.04. The van der Waals surface area contributed by atoms with Crippen molar-refractivity contribution in [2.45, 2.75) is 6.54 Å². The van der Waals surface area contributed by atoms with Crippen LogP contribution in [0.25, 0.3) is 11.1 Å². The second-order valence-electron chi connectivity index (χ2n) is 4.79. The summed E-state index contributed by atoms with van der Waals surface area (Å²) in [6, 6.07) is 5.05. The Bertz CT molecular complexity index is 806. The molecule has 0 saturated carbocycles. The van der Waals surface area contributed by atoms with Gasteiger partial charge in [0.15, 0.2) is 5.58 Å². The summed E-state index contributed by atoms with van der Waals surface area (Å²) >= 11 is 0. The van der Waals surface area contributed by atoms with E-state index in [-0.39, 0.29) is 5.56 Å². The maximum Gasteiger partial charge on any atom is 0.335 e. The number of anilines is 1. The van der Waals surface area contributed by atoms with E-state index in [4.69, 9.17) is 9.52 Å². The molecule has 0 fully saturated rings. The minimum absolute atomic E-state index is 0.178. The second kappa shape index (κ2) is 4.93. The second-order valence-corrected chi connectivity index (χ2v) is 4.79. The molecule has 7 nitrogen and oxygen atoms in total. The molecular formula is C14H14N4O3. The number of carboxylic acids is 1. The molecule has 0 amide bonds. The lowest BCUT2D eigenvalue weighted by Gasteiger charge is -2.13. The Hall–Kier alpha value is -2.83. The molecule has 0 aliphatic rings. The van der Waals surface area contributed by atoms with Crippen molar-refractivity contribution in [2.75, 3.05) is 11.9 Å². The zero-order valence-electron chi connectivity index (χ0n) is 11.6. The monoisotopic (exact) mass is 286 g/mol. The van der Waals surface area contributed by atoms with Gasteiger partial charge >= 0.3 is 5.97 Å². The third-order valence-electron chi connectivity index (χ3n) is 3.25. The summed E-state index contributed by atoms with van der Waals surface area (Å²) in [5, 5.41) is 8.98. The van der Waals surface area contributed by atoms with Crippen molar-refractivity contribution >= 4 is 23.1 Å². The standard InChI is InChI=1S/C14H14N4O3/c1-17-6-5-15-12(17)8-18(2)14-16-10-4-3-9(13(19)20)7-11(10)21-14/h3-7H,8H2,1-2H3,(H,19,20). The molecule has 0 bridgehead atoms. The van der Waals surface area contributed by atoms with Crippen LogP contribution in [0.2, 0.25) is 0 Å². The molecule has 3 rings (SSSR count). The fraction of sp³-hybridized carbons (Fsp3) is 0.214. The van der Waals surface area contributed by atoms with E-state index in [1.54, 1.807) is 12.3 Å². The van der Waals surface area contributed by atoms with Crippen molar-refractivity contribution in [3.05, 3.63) is 42.0 Å². The van der Waals surface area contributed by atoms with Crippen LogP contribution in [-0.2, 0) is 13.6 Å². The molecule has 0 aliphatic carbocycles. The van der Waals surface area contributed by atoms with Crippen molar-refractivity contribution in [3.8, 4) is 0 Å². The van der Waals surface area contributed by atoms with Gasteiger partial charge < -0.3 is 19.0 Å². The predicted octanol–water partition coefficient (Wildman–Crippen LogP) is 1.90. The number of imidazole rings is 1. The molecule has 1 N–H and O–H groups in total. The summed E-state index contributed by atoms with van der Waals surface area (Å²) in [4.78, 5) is 21.4. The molecule has 1 aromatic carbocycles. The summed E-state index contributed by atoms with van der Waals surface area (Å²) < 4.78 is 7.54. The predicted molar refractivity (Wildman–Crippen MR) is 76.3 cm³/mol. The quantitative estimate of drug-likeness (QED) is 0.788. The van der Waals surface area contributed by atoms with Crippen LogP contribution in [0.1, 0.15) is 16.2 Å². The normalized spacial score (nSPS) is 11.0. The van der Waals surface area contributed by atoms with E-state index in [9.17, 15) is 4.79 Å². The molecule has 0 atom stereocenters. The van der Waals surface area contributed by atoms with Gasteiger partial charge in [-0.05, 0) is 18.2 Å². The van der Waals surface area contributed by atoms with Crippen LogP contribution in [0.4, 0.5) is 6.01 Å². The van der Waals surface area contributed by atoms with E-state index in [1.807, 2.05) is 29.8 Å². The molecular weight excluding hydrogens is 272 g/mol. The van der Waals surface area contributed by atoms with Gasteiger partial charge in [0, 0.05) is 26.5 Å². The van der Waals surface area contributed by atoms with Gasteiger partial charge in [-0.1, -0.05) is 0 Å². The minimum atomic E-state index is -0.990. The summed E-state index contributed by atoms with van der Waals surface area (Å²) in [7, 11) is 3.76. The van der Waals surface area contributed by atoms with Crippen LogP contribution in [0.15, 0.2) is 35.0 Å². The lowest BCUT2D eigenvalue weighted by atomic mass is 10.2. The highest BCUT2D eigenvalue weighted by atomic mass is 16.4. The van der Waals surface area contributed by atoms with E-state index >= 15 is 0 Å². The highest BCUT2D eigenvalue weighted by molar-refractivity contribution is 5.92. The number of fused-ring (bicyclic) bond motifs is 1. The van der Waals surface area contributed by atoms with E-state index in [0.29, 0.717) is 23.7 Å². The maximum absolute atomic E-state index is 11.0. The topological polar surface area (TPSA) is 84.4 Å². The number of oxazole rings is 1.